The normalized spacial score (nSPS) is 19.2. The van der Waals surface area contributed by atoms with Crippen LogP contribution in [0.2, 0.25) is 0 Å². The van der Waals surface area contributed by atoms with Crippen molar-refractivity contribution in [2.45, 2.75) is 63.0 Å². The Morgan fingerprint density at radius 1 is 1.26 bits per heavy atom. The Kier molecular flexibility index (Phi) is 6.08. The molecule has 0 bridgehead atoms. The number of hydrogen-bond acceptors (Lipinski definition) is 5. The monoisotopic (exact) mass is 511 g/mol. The third-order valence-corrected chi connectivity index (χ3v) is 6.33. The van der Waals surface area contributed by atoms with Gasteiger partial charge in [0.25, 0.3) is 5.91 Å². The molecule has 0 spiro atoms. The third-order valence-electron chi connectivity index (χ3n) is 5.31. The molecule has 7 nitrogen and oxygen atoms in total. The molecule has 1 fully saturated rings. The molecule has 0 saturated heterocycles. The van der Waals surface area contributed by atoms with E-state index in [4.69, 9.17) is 4.78 Å². The van der Waals surface area contributed by atoms with Crippen molar-refractivity contribution in [2.75, 3.05) is 11.6 Å². The summed E-state index contributed by atoms with van der Waals surface area (Å²) in [6, 6.07) is 2.27. The molecule has 2 heterocycles. The van der Waals surface area contributed by atoms with Gasteiger partial charge in [-0.25, -0.2) is 27.1 Å². The zero-order chi connectivity index (χ0) is 25.9. The van der Waals surface area contributed by atoms with Crippen LogP contribution in [0.1, 0.15) is 55.4 Å². The maximum atomic E-state index is 14.7. The van der Waals surface area contributed by atoms with E-state index in [1.807, 2.05) is 0 Å². The molecule has 1 aliphatic rings. The number of alkyl halides is 6. The molecule has 0 aliphatic heterocycles. The van der Waals surface area contributed by atoms with E-state index >= 15 is 0 Å². The molecular formula is C20H23F6N5O2S. The van der Waals surface area contributed by atoms with E-state index in [2.05, 4.69) is 15.4 Å². The van der Waals surface area contributed by atoms with Gasteiger partial charge in [0.1, 0.15) is 27.6 Å². The van der Waals surface area contributed by atoms with Crippen LogP contribution in [-0.4, -0.2) is 37.1 Å². The van der Waals surface area contributed by atoms with Crippen molar-refractivity contribution in [1.82, 2.24) is 14.8 Å². The second-order valence-electron chi connectivity index (χ2n) is 9.40. The first-order valence-corrected chi connectivity index (χ1v) is 11.9. The summed E-state index contributed by atoms with van der Waals surface area (Å²) < 4.78 is 104. The lowest BCUT2D eigenvalue weighted by atomic mass is 9.67. The third kappa shape index (κ3) is 5.36. The highest BCUT2D eigenvalue weighted by Gasteiger charge is 2.55. The lowest BCUT2D eigenvalue weighted by Crippen LogP contribution is -2.47. The lowest BCUT2D eigenvalue weighted by molar-refractivity contribution is -0.160. The van der Waals surface area contributed by atoms with Gasteiger partial charge in [-0.2, -0.15) is 18.3 Å². The molecule has 0 radical (unpaired) electrons. The summed E-state index contributed by atoms with van der Waals surface area (Å²) in [5.74, 6) is -4.31. The number of carbonyl (C=O) groups is 1. The van der Waals surface area contributed by atoms with Crippen LogP contribution >= 0.6 is 0 Å². The highest BCUT2D eigenvalue weighted by atomic mass is 32.2. The largest absolute Gasteiger partial charge is 0.420 e. The predicted octanol–water partition coefficient (Wildman–Crippen LogP) is 5.22. The molecule has 2 aromatic rings. The van der Waals surface area contributed by atoms with Crippen LogP contribution in [0.25, 0.3) is 0 Å². The van der Waals surface area contributed by atoms with Gasteiger partial charge in [-0.3, -0.25) is 9.48 Å². The second-order valence-corrected chi connectivity index (χ2v) is 11.5. The molecular weight excluding hydrogens is 488 g/mol. The predicted molar refractivity (Wildman–Crippen MR) is 111 cm³/mol. The molecule has 1 aliphatic carbocycles. The zero-order valence-electron chi connectivity index (χ0n) is 18.7. The highest BCUT2D eigenvalue weighted by molar-refractivity contribution is 7.91. The highest BCUT2D eigenvalue weighted by Crippen LogP contribution is 2.53. The molecule has 1 atom stereocenters. The summed E-state index contributed by atoms with van der Waals surface area (Å²) in [4.78, 5) is 16.8. The maximum absolute atomic E-state index is 14.7. The Morgan fingerprint density at radius 3 is 2.32 bits per heavy atom. The van der Waals surface area contributed by atoms with Gasteiger partial charge in [0.05, 0.1) is 9.73 Å². The molecule has 1 unspecified atom stereocenters. The molecule has 34 heavy (non-hydrogen) atoms. The minimum Gasteiger partial charge on any atom is -0.320 e. The first kappa shape index (κ1) is 26.0. The summed E-state index contributed by atoms with van der Waals surface area (Å²) >= 11 is 0. The second kappa shape index (κ2) is 7.95. The van der Waals surface area contributed by atoms with Crippen LogP contribution in [0.3, 0.4) is 0 Å². The van der Waals surface area contributed by atoms with Gasteiger partial charge in [0.15, 0.2) is 0 Å². The van der Waals surface area contributed by atoms with Crippen LogP contribution in [0.4, 0.5) is 32.0 Å². The topological polar surface area (TPSA) is 101 Å². The van der Waals surface area contributed by atoms with E-state index in [0.717, 1.165) is 32.4 Å². The minimum absolute atomic E-state index is 0.111. The SMILES string of the molecule is CC1(Cn2nc(C(C)(C)F)c(C(F)(F)F)c2C(=O)Nc2ccnc(S(C)(=N)=O)c2)CC(F)(F)C1. The van der Waals surface area contributed by atoms with Gasteiger partial charge in [0, 0.05) is 37.5 Å². The number of halogens is 6. The fourth-order valence-corrected chi connectivity index (χ4v) is 4.67. The Morgan fingerprint density at radius 2 is 1.85 bits per heavy atom. The van der Waals surface area contributed by atoms with Crippen molar-refractivity contribution in [3.8, 4) is 0 Å². The van der Waals surface area contributed by atoms with Crippen molar-refractivity contribution in [3.63, 3.8) is 0 Å². The zero-order valence-corrected chi connectivity index (χ0v) is 19.5. The van der Waals surface area contributed by atoms with Crippen molar-refractivity contribution >= 4 is 21.3 Å². The lowest BCUT2D eigenvalue weighted by Gasteiger charge is -2.44. The molecule has 0 aromatic carbocycles. The van der Waals surface area contributed by atoms with Gasteiger partial charge >= 0.3 is 6.18 Å². The van der Waals surface area contributed by atoms with Gasteiger partial charge in [-0.05, 0) is 31.4 Å². The van der Waals surface area contributed by atoms with Crippen LogP contribution in [0.15, 0.2) is 23.4 Å². The first-order chi connectivity index (χ1) is 15.2. The van der Waals surface area contributed by atoms with Gasteiger partial charge in [-0.1, -0.05) is 6.92 Å². The van der Waals surface area contributed by atoms with Crippen LogP contribution < -0.4 is 5.32 Å². The summed E-state index contributed by atoms with van der Waals surface area (Å²) in [6.45, 7) is 2.64. The molecule has 188 valence electrons. The number of hydrogen-bond donors (Lipinski definition) is 2. The molecule has 3 rings (SSSR count). The average Bonchev–Trinajstić information content (AvgIpc) is 2.99. The van der Waals surface area contributed by atoms with Gasteiger partial charge in [0.2, 0.25) is 5.92 Å². The fraction of sp³-hybridized carbons (Fsp3) is 0.550. The summed E-state index contributed by atoms with van der Waals surface area (Å²) in [6.07, 6.45) is -4.26. The number of pyridine rings is 1. The van der Waals surface area contributed by atoms with E-state index in [0.29, 0.717) is 4.68 Å². The van der Waals surface area contributed by atoms with E-state index < -0.39 is 75.2 Å². The Bertz CT molecular complexity index is 1220. The van der Waals surface area contributed by atoms with Crippen LogP contribution in [0, 0.1) is 10.2 Å². The summed E-state index contributed by atoms with van der Waals surface area (Å²) in [5, 5.41) is 5.70. The summed E-state index contributed by atoms with van der Waals surface area (Å²) in [7, 11) is -3.29. The van der Waals surface area contributed by atoms with E-state index in [-0.39, 0.29) is 10.7 Å². The van der Waals surface area contributed by atoms with Gasteiger partial charge in [-0.15, -0.1) is 0 Å². The number of anilines is 1. The van der Waals surface area contributed by atoms with Crippen molar-refractivity contribution < 1.29 is 35.3 Å². The van der Waals surface area contributed by atoms with Crippen LogP contribution in [-0.2, 0) is 28.1 Å². The first-order valence-electron chi connectivity index (χ1n) is 9.98. The van der Waals surface area contributed by atoms with Crippen molar-refractivity contribution in [1.29, 1.82) is 4.78 Å². The Hall–Kier alpha value is -2.64. The number of nitrogens with zero attached hydrogens (tertiary/aromatic N) is 3. The quantitative estimate of drug-likeness (QED) is 0.519. The number of rotatable bonds is 6. The maximum Gasteiger partial charge on any atom is 0.420 e. The van der Waals surface area contributed by atoms with Crippen molar-refractivity contribution in [3.05, 3.63) is 35.3 Å². The molecule has 1 amide bonds. The average molecular weight is 511 g/mol. The smallest absolute Gasteiger partial charge is 0.320 e. The minimum atomic E-state index is -5.18. The Balaban J connectivity index is 2.12. The fourth-order valence-electron chi connectivity index (χ4n) is 4.05. The van der Waals surface area contributed by atoms with Crippen molar-refractivity contribution in [2.24, 2.45) is 5.41 Å². The van der Waals surface area contributed by atoms with E-state index in [9.17, 15) is 35.3 Å². The summed E-state index contributed by atoms with van der Waals surface area (Å²) in [5.41, 5.74) is -7.56. The molecule has 2 aromatic heterocycles. The molecule has 14 heteroatoms. The number of carbonyl (C=O) groups excluding carboxylic acids is 1. The van der Waals surface area contributed by atoms with E-state index in [1.165, 1.54) is 13.0 Å². The standard InChI is InChI=1S/C20H23F6N5O2S/c1-17(2,21)15-13(20(24,25)26)14(31(30-15)10-18(3)8-19(22,23)9-18)16(32)29-11-5-6-28-12(7-11)34(4,27)33/h5-7,27H,8-10H2,1-4H3,(H,28,29,32). The van der Waals surface area contributed by atoms with Gasteiger partial charge < -0.3 is 5.32 Å². The number of nitrogens with one attached hydrogen (secondary N) is 2. The van der Waals surface area contributed by atoms with Crippen LogP contribution in [0.5, 0.6) is 0 Å². The molecule has 2 N–H and O–H groups in total. The number of amides is 1. The van der Waals surface area contributed by atoms with E-state index in [1.54, 1.807) is 0 Å². The number of aromatic nitrogens is 3. The Labute approximate surface area is 191 Å². The molecule has 1 saturated carbocycles.